The van der Waals surface area contributed by atoms with Crippen molar-refractivity contribution in [1.82, 2.24) is 10.2 Å². The van der Waals surface area contributed by atoms with E-state index in [1.165, 1.54) is 19.2 Å². The summed E-state index contributed by atoms with van der Waals surface area (Å²) in [4.78, 5) is 2.37. The fraction of sp³-hybridized carbons (Fsp3) is 0.647. The van der Waals surface area contributed by atoms with E-state index >= 15 is 0 Å². The number of methoxy groups -OCH3 is 1. The molecular weight excluding hydrogens is 321 g/mol. The van der Waals surface area contributed by atoms with Crippen molar-refractivity contribution < 1.29 is 22.6 Å². The maximum Gasteiger partial charge on any atom is 0.573 e. The summed E-state index contributed by atoms with van der Waals surface area (Å²) in [5.74, 6) is 0.526. The highest BCUT2D eigenvalue weighted by Crippen LogP contribution is 2.39. The minimum absolute atomic E-state index is 0.104. The lowest BCUT2D eigenvalue weighted by molar-refractivity contribution is -0.274. The van der Waals surface area contributed by atoms with E-state index in [1.54, 1.807) is 6.07 Å². The van der Waals surface area contributed by atoms with Crippen LogP contribution in [-0.2, 0) is 0 Å². The molecule has 1 heterocycles. The van der Waals surface area contributed by atoms with Crippen LogP contribution >= 0.6 is 0 Å². The van der Waals surface area contributed by atoms with Gasteiger partial charge in [0, 0.05) is 43.9 Å². The van der Waals surface area contributed by atoms with Crippen LogP contribution < -0.4 is 14.8 Å². The minimum Gasteiger partial charge on any atom is -0.496 e. The zero-order valence-corrected chi connectivity index (χ0v) is 14.3. The van der Waals surface area contributed by atoms with Gasteiger partial charge in [-0.3, -0.25) is 4.90 Å². The Hall–Kier alpha value is -1.47. The number of benzene rings is 1. The second-order valence-corrected chi connectivity index (χ2v) is 6.07. The van der Waals surface area contributed by atoms with E-state index in [-0.39, 0.29) is 11.8 Å². The molecule has 1 unspecified atom stereocenters. The molecule has 4 nitrogen and oxygen atoms in total. The van der Waals surface area contributed by atoms with E-state index in [0.717, 1.165) is 38.2 Å². The van der Waals surface area contributed by atoms with Gasteiger partial charge in [0.05, 0.1) is 7.11 Å². The Morgan fingerprint density at radius 2 is 1.92 bits per heavy atom. The summed E-state index contributed by atoms with van der Waals surface area (Å²) >= 11 is 0. The molecule has 0 spiro atoms. The number of ether oxygens (including phenoxy) is 2. The predicted molar refractivity (Wildman–Crippen MR) is 86.3 cm³/mol. The highest BCUT2D eigenvalue weighted by Gasteiger charge is 2.33. The van der Waals surface area contributed by atoms with Crippen molar-refractivity contribution in [3.63, 3.8) is 0 Å². The number of halogens is 3. The summed E-state index contributed by atoms with van der Waals surface area (Å²) < 4.78 is 46.7. The Balaban J connectivity index is 2.34. The largest absolute Gasteiger partial charge is 0.573 e. The van der Waals surface area contributed by atoms with Crippen LogP contribution in [0.4, 0.5) is 13.2 Å². The maximum atomic E-state index is 12.4. The Labute approximate surface area is 140 Å². The van der Waals surface area contributed by atoms with Crippen LogP contribution in [0.2, 0.25) is 0 Å². The first-order chi connectivity index (χ1) is 11.4. The number of piperazine rings is 1. The first kappa shape index (κ1) is 18.9. The molecule has 1 N–H and O–H groups in total. The third-order valence-electron chi connectivity index (χ3n) is 4.49. The maximum absolute atomic E-state index is 12.4. The van der Waals surface area contributed by atoms with Crippen molar-refractivity contribution in [2.24, 2.45) is 5.92 Å². The van der Waals surface area contributed by atoms with Gasteiger partial charge >= 0.3 is 6.36 Å². The van der Waals surface area contributed by atoms with Gasteiger partial charge in [0.15, 0.2) is 0 Å². The Bertz CT molecular complexity index is 531. The number of rotatable bonds is 6. The fourth-order valence-corrected chi connectivity index (χ4v) is 3.18. The van der Waals surface area contributed by atoms with Gasteiger partial charge in [-0.2, -0.15) is 0 Å². The van der Waals surface area contributed by atoms with Crippen LogP contribution in [0.5, 0.6) is 11.5 Å². The van der Waals surface area contributed by atoms with Crippen LogP contribution in [0, 0.1) is 5.92 Å². The molecule has 7 heteroatoms. The molecule has 0 amide bonds. The third-order valence-corrected chi connectivity index (χ3v) is 4.49. The highest BCUT2D eigenvalue weighted by molar-refractivity contribution is 5.43. The molecule has 2 rings (SSSR count). The first-order valence-electron chi connectivity index (χ1n) is 8.24. The van der Waals surface area contributed by atoms with Gasteiger partial charge in [0.25, 0.3) is 0 Å². The number of hydrogen-bond acceptors (Lipinski definition) is 4. The van der Waals surface area contributed by atoms with Gasteiger partial charge in [0.1, 0.15) is 11.5 Å². The molecule has 1 aromatic rings. The second-order valence-electron chi connectivity index (χ2n) is 6.07. The first-order valence-corrected chi connectivity index (χ1v) is 8.24. The van der Waals surface area contributed by atoms with E-state index in [9.17, 15) is 13.2 Å². The minimum atomic E-state index is -4.71. The quantitative estimate of drug-likeness (QED) is 0.854. The SMILES string of the molecule is CCC(C)[C@H](c1ccc(OC(F)(F)F)cc1OC)N1CCNCC1. The molecule has 136 valence electrons. The molecule has 1 aliphatic heterocycles. The average Bonchev–Trinajstić information content (AvgIpc) is 2.55. The lowest BCUT2D eigenvalue weighted by Crippen LogP contribution is -2.46. The van der Waals surface area contributed by atoms with Crippen molar-refractivity contribution in [3.05, 3.63) is 23.8 Å². The third kappa shape index (κ3) is 4.77. The molecular formula is C17H25F3N2O2. The highest BCUT2D eigenvalue weighted by atomic mass is 19.4. The van der Waals surface area contributed by atoms with Crippen molar-refractivity contribution >= 4 is 0 Å². The number of alkyl halides is 3. The van der Waals surface area contributed by atoms with E-state index < -0.39 is 6.36 Å². The van der Waals surface area contributed by atoms with Crippen molar-refractivity contribution in [1.29, 1.82) is 0 Å². The van der Waals surface area contributed by atoms with Gasteiger partial charge in [-0.15, -0.1) is 13.2 Å². The van der Waals surface area contributed by atoms with E-state index in [0.29, 0.717) is 11.7 Å². The van der Waals surface area contributed by atoms with Gasteiger partial charge in [-0.1, -0.05) is 26.3 Å². The molecule has 24 heavy (non-hydrogen) atoms. The van der Waals surface area contributed by atoms with Crippen LogP contribution in [0.3, 0.4) is 0 Å². The molecule has 1 aromatic carbocycles. The summed E-state index contributed by atoms with van der Waals surface area (Å²) in [5.41, 5.74) is 0.906. The van der Waals surface area contributed by atoms with Crippen molar-refractivity contribution in [2.45, 2.75) is 32.7 Å². The Morgan fingerprint density at radius 1 is 1.25 bits per heavy atom. The molecule has 2 atom stereocenters. The predicted octanol–water partition coefficient (Wildman–Crippen LogP) is 3.59. The van der Waals surface area contributed by atoms with Crippen molar-refractivity contribution in [2.75, 3.05) is 33.3 Å². The molecule has 0 aliphatic carbocycles. The standard InChI is InChI=1S/C17H25F3N2O2/c1-4-12(2)16(22-9-7-21-8-10-22)14-6-5-13(11-15(14)23-3)24-17(18,19)20/h5-6,11-12,16,21H,4,7-10H2,1-3H3/t12?,16-/m1/s1. The van der Waals surface area contributed by atoms with Crippen molar-refractivity contribution in [3.8, 4) is 11.5 Å². The van der Waals surface area contributed by atoms with Crippen LogP contribution in [-0.4, -0.2) is 44.6 Å². The van der Waals surface area contributed by atoms with E-state index in [4.69, 9.17) is 4.74 Å². The van der Waals surface area contributed by atoms with E-state index in [2.05, 4.69) is 28.8 Å². The van der Waals surface area contributed by atoms with Gasteiger partial charge < -0.3 is 14.8 Å². The van der Waals surface area contributed by atoms with Crippen LogP contribution in [0.15, 0.2) is 18.2 Å². The zero-order valence-electron chi connectivity index (χ0n) is 14.3. The average molecular weight is 346 g/mol. The number of nitrogens with zero attached hydrogens (tertiary/aromatic N) is 1. The van der Waals surface area contributed by atoms with Crippen LogP contribution in [0.1, 0.15) is 31.9 Å². The van der Waals surface area contributed by atoms with Gasteiger partial charge in [-0.25, -0.2) is 0 Å². The molecule has 0 bridgehead atoms. The molecule has 0 aromatic heterocycles. The topological polar surface area (TPSA) is 33.7 Å². The van der Waals surface area contributed by atoms with Gasteiger partial charge in [-0.05, 0) is 12.0 Å². The summed E-state index contributed by atoms with van der Waals surface area (Å²) in [6, 6.07) is 4.48. The Kier molecular flexibility index (Phi) is 6.34. The summed E-state index contributed by atoms with van der Waals surface area (Å²) in [7, 11) is 1.47. The zero-order chi connectivity index (χ0) is 17.7. The molecule has 0 radical (unpaired) electrons. The second kappa shape index (κ2) is 8.07. The fourth-order valence-electron chi connectivity index (χ4n) is 3.18. The lowest BCUT2D eigenvalue weighted by atomic mass is 9.90. The molecule has 0 saturated carbocycles. The van der Waals surface area contributed by atoms with E-state index in [1.807, 2.05) is 0 Å². The molecule has 1 fully saturated rings. The smallest absolute Gasteiger partial charge is 0.496 e. The monoisotopic (exact) mass is 346 g/mol. The van der Waals surface area contributed by atoms with Crippen LogP contribution in [0.25, 0.3) is 0 Å². The Morgan fingerprint density at radius 3 is 2.46 bits per heavy atom. The number of nitrogens with one attached hydrogen (secondary N) is 1. The summed E-state index contributed by atoms with van der Waals surface area (Å²) in [5, 5.41) is 3.32. The number of hydrogen-bond donors (Lipinski definition) is 1. The molecule has 1 aliphatic rings. The van der Waals surface area contributed by atoms with Gasteiger partial charge in [0.2, 0.25) is 0 Å². The summed E-state index contributed by atoms with van der Waals surface area (Å²) in [6.07, 6.45) is -3.74. The molecule has 1 saturated heterocycles. The lowest BCUT2D eigenvalue weighted by Gasteiger charge is -2.39. The normalized spacial score (nSPS) is 18.9. The summed E-state index contributed by atoms with van der Waals surface area (Å²) in [6.45, 7) is 7.90.